The number of hydrogen-bond acceptors (Lipinski definition) is 3. The molecule has 0 spiro atoms. The average Bonchev–Trinajstić information content (AvgIpc) is 3.36. The molecule has 2 aromatic heterocycles. The zero-order valence-corrected chi connectivity index (χ0v) is 17.0. The number of benzene rings is 1. The van der Waals surface area contributed by atoms with Crippen LogP contribution in [-0.4, -0.2) is 28.4 Å². The molecule has 0 saturated carbocycles. The first-order chi connectivity index (χ1) is 14.8. The topological polar surface area (TPSA) is 67.4 Å². The van der Waals surface area contributed by atoms with Gasteiger partial charge in [-0.05, 0) is 61.1 Å². The molecule has 0 aliphatic heterocycles. The number of carboxylic acids is 1. The Balaban J connectivity index is 1.78. The molecule has 0 bridgehead atoms. The van der Waals surface area contributed by atoms with Crippen LogP contribution in [0.2, 0.25) is 0 Å². The lowest BCUT2D eigenvalue weighted by Crippen LogP contribution is -2.29. The van der Waals surface area contributed by atoms with Gasteiger partial charge in [-0.25, -0.2) is 4.79 Å². The Bertz CT molecular complexity index is 1080. The van der Waals surface area contributed by atoms with Gasteiger partial charge in [0.25, 0.3) is 0 Å². The molecule has 31 heavy (non-hydrogen) atoms. The van der Waals surface area contributed by atoms with E-state index in [9.17, 15) is 23.1 Å². The normalized spacial score (nSPS) is 16.2. The number of alkyl halides is 3. The molecule has 8 heteroatoms. The van der Waals surface area contributed by atoms with Crippen molar-refractivity contribution in [3.63, 3.8) is 0 Å². The first-order valence-electron chi connectivity index (χ1n) is 10.3. The van der Waals surface area contributed by atoms with Gasteiger partial charge in [-0.3, -0.25) is 4.57 Å². The van der Waals surface area contributed by atoms with Gasteiger partial charge in [-0.2, -0.15) is 13.2 Å². The van der Waals surface area contributed by atoms with Gasteiger partial charge in [0.05, 0.1) is 11.6 Å². The minimum atomic E-state index is -4.24. The van der Waals surface area contributed by atoms with Crippen LogP contribution in [0.5, 0.6) is 0 Å². The highest BCUT2D eigenvalue weighted by atomic mass is 19.4. The molecule has 1 unspecified atom stereocenters. The van der Waals surface area contributed by atoms with Crippen molar-refractivity contribution in [1.29, 1.82) is 0 Å². The molecule has 1 aliphatic carbocycles. The van der Waals surface area contributed by atoms with Crippen molar-refractivity contribution in [2.75, 3.05) is 11.9 Å². The molecular formula is C23H23F3N2O3. The SMILES string of the molecule is CCCNc1ccc(-c2cc3c(n2-c2ccc(C(=O)O)o2)CCC(C(F)(F)F)C3)cc1. The van der Waals surface area contributed by atoms with E-state index in [4.69, 9.17) is 4.42 Å². The minimum Gasteiger partial charge on any atom is -0.475 e. The van der Waals surface area contributed by atoms with Gasteiger partial charge in [0.15, 0.2) is 0 Å². The van der Waals surface area contributed by atoms with E-state index in [-0.39, 0.29) is 30.9 Å². The first kappa shape index (κ1) is 21.1. The Hall–Kier alpha value is -3.16. The second-order valence-electron chi connectivity index (χ2n) is 7.77. The van der Waals surface area contributed by atoms with Gasteiger partial charge in [-0.15, -0.1) is 0 Å². The van der Waals surface area contributed by atoms with Crippen LogP contribution in [0.3, 0.4) is 0 Å². The molecule has 0 fully saturated rings. The number of halogens is 3. The third kappa shape index (κ3) is 4.19. The number of nitrogens with zero attached hydrogens (tertiary/aromatic N) is 1. The lowest BCUT2D eigenvalue weighted by molar-refractivity contribution is -0.177. The Labute approximate surface area is 177 Å². The standard InChI is InChI=1S/C23H23F3N2O3/c1-2-11-27-17-6-3-14(4-7-17)19-13-15-12-16(23(24,25)26)5-8-18(15)28(19)21-10-9-20(31-21)22(29)30/h3-4,6-7,9-10,13,16,27H,2,5,8,11-12H2,1H3,(H,29,30). The molecule has 0 saturated heterocycles. The van der Waals surface area contributed by atoms with Crippen molar-refractivity contribution >= 4 is 11.7 Å². The lowest BCUT2D eigenvalue weighted by atomic mass is 9.87. The summed E-state index contributed by atoms with van der Waals surface area (Å²) < 4.78 is 47.3. The maximum Gasteiger partial charge on any atom is 0.392 e. The molecule has 0 radical (unpaired) electrons. The maximum atomic E-state index is 13.3. The second-order valence-corrected chi connectivity index (χ2v) is 7.77. The largest absolute Gasteiger partial charge is 0.475 e. The number of fused-ring (bicyclic) bond motifs is 1. The Morgan fingerprint density at radius 3 is 2.58 bits per heavy atom. The third-order valence-electron chi connectivity index (χ3n) is 5.63. The highest BCUT2D eigenvalue weighted by Gasteiger charge is 2.42. The van der Waals surface area contributed by atoms with E-state index in [1.807, 2.05) is 24.3 Å². The molecule has 2 heterocycles. The Kier molecular flexibility index (Phi) is 5.56. The number of hydrogen-bond donors (Lipinski definition) is 2. The molecule has 3 aromatic rings. The van der Waals surface area contributed by atoms with Crippen LogP contribution in [0.1, 0.15) is 41.6 Å². The van der Waals surface area contributed by atoms with Gasteiger partial charge < -0.3 is 14.8 Å². The number of anilines is 1. The number of nitrogens with one attached hydrogen (secondary N) is 1. The van der Waals surface area contributed by atoms with Crippen molar-refractivity contribution in [2.24, 2.45) is 5.92 Å². The summed E-state index contributed by atoms with van der Waals surface area (Å²) in [6.45, 7) is 2.91. The summed E-state index contributed by atoms with van der Waals surface area (Å²) in [5, 5.41) is 12.5. The van der Waals surface area contributed by atoms with Gasteiger partial charge in [0, 0.05) is 24.0 Å². The van der Waals surface area contributed by atoms with Crippen LogP contribution < -0.4 is 5.32 Å². The van der Waals surface area contributed by atoms with Crippen molar-refractivity contribution in [3.8, 4) is 17.1 Å². The molecule has 4 rings (SSSR count). The minimum absolute atomic E-state index is 0.00761. The maximum absolute atomic E-state index is 13.3. The fourth-order valence-electron chi connectivity index (χ4n) is 4.06. The predicted octanol–water partition coefficient (Wildman–Crippen LogP) is 5.92. The second kappa shape index (κ2) is 8.17. The van der Waals surface area contributed by atoms with Crippen molar-refractivity contribution in [1.82, 2.24) is 4.57 Å². The summed E-state index contributed by atoms with van der Waals surface area (Å²) in [4.78, 5) is 11.3. The highest BCUT2D eigenvalue weighted by molar-refractivity contribution is 5.84. The van der Waals surface area contributed by atoms with Crippen LogP contribution in [0.25, 0.3) is 17.1 Å². The van der Waals surface area contributed by atoms with E-state index in [1.54, 1.807) is 16.7 Å². The van der Waals surface area contributed by atoms with Gasteiger partial charge >= 0.3 is 12.1 Å². The van der Waals surface area contributed by atoms with Crippen molar-refractivity contribution < 1.29 is 27.5 Å². The number of aromatic nitrogens is 1. The smallest absolute Gasteiger partial charge is 0.392 e. The van der Waals surface area contributed by atoms with E-state index in [1.165, 1.54) is 6.07 Å². The Morgan fingerprint density at radius 2 is 1.97 bits per heavy atom. The summed E-state index contributed by atoms with van der Waals surface area (Å²) in [6, 6.07) is 12.3. The fourth-order valence-corrected chi connectivity index (χ4v) is 4.06. The van der Waals surface area contributed by atoms with E-state index in [0.29, 0.717) is 11.3 Å². The summed E-state index contributed by atoms with van der Waals surface area (Å²) in [7, 11) is 0. The summed E-state index contributed by atoms with van der Waals surface area (Å²) in [5.41, 5.74) is 3.80. The van der Waals surface area contributed by atoms with E-state index in [0.717, 1.165) is 29.9 Å². The first-order valence-corrected chi connectivity index (χ1v) is 10.3. The third-order valence-corrected chi connectivity index (χ3v) is 5.63. The average molecular weight is 432 g/mol. The van der Waals surface area contributed by atoms with Crippen molar-refractivity contribution in [2.45, 2.75) is 38.8 Å². The fraction of sp³-hybridized carbons (Fsp3) is 0.348. The molecule has 0 amide bonds. The molecule has 5 nitrogen and oxygen atoms in total. The monoisotopic (exact) mass is 432 g/mol. The summed E-state index contributed by atoms with van der Waals surface area (Å²) >= 11 is 0. The summed E-state index contributed by atoms with van der Waals surface area (Å²) in [5.74, 6) is -2.51. The van der Waals surface area contributed by atoms with E-state index < -0.39 is 18.1 Å². The molecule has 1 aromatic carbocycles. The number of carbonyl (C=O) groups is 1. The number of rotatable bonds is 6. The van der Waals surface area contributed by atoms with Crippen LogP contribution in [0.15, 0.2) is 46.9 Å². The number of aromatic carboxylic acids is 1. The van der Waals surface area contributed by atoms with Gasteiger partial charge in [-0.1, -0.05) is 19.1 Å². The summed E-state index contributed by atoms with van der Waals surface area (Å²) in [6.07, 6.45) is -3.12. The number of carboxylic acid groups (broad SMARTS) is 1. The molecule has 1 aliphatic rings. The molecular weight excluding hydrogens is 409 g/mol. The predicted molar refractivity (Wildman–Crippen MR) is 111 cm³/mol. The van der Waals surface area contributed by atoms with Crippen LogP contribution in [-0.2, 0) is 12.8 Å². The number of furan rings is 1. The molecule has 2 N–H and O–H groups in total. The zero-order chi connectivity index (χ0) is 22.2. The van der Waals surface area contributed by atoms with Crippen molar-refractivity contribution in [3.05, 3.63) is 59.5 Å². The quantitative estimate of drug-likeness (QED) is 0.507. The van der Waals surface area contributed by atoms with Gasteiger partial charge in [0.2, 0.25) is 11.6 Å². The van der Waals surface area contributed by atoms with Gasteiger partial charge in [0.1, 0.15) is 0 Å². The van der Waals surface area contributed by atoms with Crippen LogP contribution in [0, 0.1) is 5.92 Å². The molecule has 164 valence electrons. The highest BCUT2D eigenvalue weighted by Crippen LogP contribution is 2.41. The Morgan fingerprint density at radius 1 is 1.23 bits per heavy atom. The van der Waals surface area contributed by atoms with E-state index >= 15 is 0 Å². The lowest BCUT2D eigenvalue weighted by Gasteiger charge is -2.25. The zero-order valence-electron chi connectivity index (χ0n) is 17.0. The molecule has 1 atom stereocenters. The van der Waals surface area contributed by atoms with E-state index in [2.05, 4.69) is 12.2 Å². The van der Waals surface area contributed by atoms with Crippen LogP contribution >= 0.6 is 0 Å². The van der Waals surface area contributed by atoms with Crippen LogP contribution in [0.4, 0.5) is 18.9 Å².